The smallest absolute Gasteiger partial charge is 0.240 e. The van der Waals surface area contributed by atoms with Crippen molar-refractivity contribution in [2.45, 2.75) is 43.9 Å². The normalized spacial score (nSPS) is 14.8. The highest BCUT2D eigenvalue weighted by Gasteiger charge is 2.26. The van der Waals surface area contributed by atoms with Crippen LogP contribution in [0.1, 0.15) is 38.0 Å². The number of sulfonamides is 1. The molecule has 0 radical (unpaired) electrons. The third-order valence-corrected chi connectivity index (χ3v) is 5.65. The van der Waals surface area contributed by atoms with Crippen molar-refractivity contribution in [3.63, 3.8) is 0 Å². The molecule has 0 unspecified atom stereocenters. The van der Waals surface area contributed by atoms with Crippen LogP contribution in [-0.4, -0.2) is 38.1 Å². The average Bonchev–Trinajstić information content (AvgIpc) is 3.12. The number of anilines is 1. The standard InChI is InChI=1S/C17H22N4O4S/c1-17(2,3)16-19-14(20-25-16)7-8-18-26(23,24)12-5-6-13-11(9-12)10-15(22)21(13)4/h5-6,9,18H,7-8,10H2,1-4H3. The molecule has 1 aliphatic rings. The summed E-state index contributed by atoms with van der Waals surface area (Å²) in [5, 5.41) is 3.87. The molecule has 0 spiro atoms. The van der Waals surface area contributed by atoms with Gasteiger partial charge < -0.3 is 9.42 Å². The Hall–Kier alpha value is -2.26. The Kier molecular flexibility index (Phi) is 4.61. The predicted octanol–water partition coefficient (Wildman–Crippen LogP) is 1.41. The summed E-state index contributed by atoms with van der Waals surface area (Å²) in [5.41, 5.74) is 1.21. The lowest BCUT2D eigenvalue weighted by Crippen LogP contribution is -2.26. The minimum atomic E-state index is -3.67. The molecule has 3 rings (SSSR count). The molecule has 1 aromatic heterocycles. The topological polar surface area (TPSA) is 105 Å². The monoisotopic (exact) mass is 378 g/mol. The first-order valence-electron chi connectivity index (χ1n) is 8.30. The Bertz CT molecular complexity index is 944. The van der Waals surface area contributed by atoms with Crippen molar-refractivity contribution in [1.29, 1.82) is 0 Å². The first kappa shape index (κ1) is 18.5. The van der Waals surface area contributed by atoms with Gasteiger partial charge in [-0.25, -0.2) is 13.1 Å². The van der Waals surface area contributed by atoms with Gasteiger partial charge in [0.1, 0.15) is 0 Å². The van der Waals surface area contributed by atoms with Gasteiger partial charge in [0, 0.05) is 31.1 Å². The molecule has 140 valence electrons. The second-order valence-electron chi connectivity index (χ2n) is 7.33. The lowest BCUT2D eigenvalue weighted by Gasteiger charge is -2.11. The van der Waals surface area contributed by atoms with E-state index in [9.17, 15) is 13.2 Å². The molecule has 9 heteroatoms. The molecular formula is C17H22N4O4S. The third kappa shape index (κ3) is 3.63. The van der Waals surface area contributed by atoms with E-state index in [1.807, 2.05) is 20.8 Å². The zero-order chi connectivity index (χ0) is 19.1. The fourth-order valence-electron chi connectivity index (χ4n) is 2.65. The van der Waals surface area contributed by atoms with Gasteiger partial charge in [0.2, 0.25) is 21.8 Å². The van der Waals surface area contributed by atoms with Gasteiger partial charge in [0.15, 0.2) is 5.82 Å². The fourth-order valence-corrected chi connectivity index (χ4v) is 3.74. The van der Waals surface area contributed by atoms with Crippen LogP contribution in [0.25, 0.3) is 0 Å². The largest absolute Gasteiger partial charge is 0.339 e. The maximum absolute atomic E-state index is 12.5. The highest BCUT2D eigenvalue weighted by atomic mass is 32.2. The van der Waals surface area contributed by atoms with Crippen molar-refractivity contribution < 1.29 is 17.7 Å². The SMILES string of the molecule is CN1C(=O)Cc2cc(S(=O)(=O)NCCc3noc(C(C)(C)C)n3)ccc21. The molecule has 1 aliphatic heterocycles. The summed E-state index contributed by atoms with van der Waals surface area (Å²) >= 11 is 0. The summed E-state index contributed by atoms with van der Waals surface area (Å²) in [6.45, 7) is 6.04. The Morgan fingerprint density at radius 1 is 1.31 bits per heavy atom. The number of carbonyl (C=O) groups is 1. The molecule has 2 aromatic rings. The summed E-state index contributed by atoms with van der Waals surface area (Å²) in [6.07, 6.45) is 0.540. The molecule has 2 heterocycles. The van der Waals surface area contributed by atoms with Gasteiger partial charge in [0.25, 0.3) is 0 Å². The maximum Gasteiger partial charge on any atom is 0.240 e. The Labute approximate surface area is 152 Å². The van der Waals surface area contributed by atoms with E-state index in [-0.39, 0.29) is 29.2 Å². The van der Waals surface area contributed by atoms with Crippen LogP contribution in [0.4, 0.5) is 5.69 Å². The van der Waals surface area contributed by atoms with E-state index in [1.165, 1.54) is 11.0 Å². The fraction of sp³-hybridized carbons (Fsp3) is 0.471. The van der Waals surface area contributed by atoms with E-state index >= 15 is 0 Å². The maximum atomic E-state index is 12.5. The van der Waals surface area contributed by atoms with Crippen LogP contribution in [0.3, 0.4) is 0 Å². The molecule has 8 nitrogen and oxygen atoms in total. The van der Waals surface area contributed by atoms with Crippen LogP contribution in [0.15, 0.2) is 27.6 Å². The Morgan fingerprint density at radius 3 is 2.69 bits per heavy atom. The van der Waals surface area contributed by atoms with Crippen molar-refractivity contribution in [1.82, 2.24) is 14.9 Å². The van der Waals surface area contributed by atoms with E-state index in [0.717, 1.165) is 5.69 Å². The summed E-state index contributed by atoms with van der Waals surface area (Å²) < 4.78 is 32.7. The number of fused-ring (bicyclic) bond motifs is 1. The molecule has 0 aliphatic carbocycles. The van der Waals surface area contributed by atoms with E-state index in [4.69, 9.17) is 4.52 Å². The van der Waals surface area contributed by atoms with Crippen molar-refractivity contribution in [3.8, 4) is 0 Å². The summed E-state index contributed by atoms with van der Waals surface area (Å²) in [5.74, 6) is 0.927. The number of likely N-dealkylation sites (N-methyl/N-ethyl adjacent to an activating group) is 1. The number of nitrogens with zero attached hydrogens (tertiary/aromatic N) is 3. The number of hydrogen-bond donors (Lipinski definition) is 1. The van der Waals surface area contributed by atoms with Crippen LogP contribution in [0.5, 0.6) is 0 Å². The first-order chi connectivity index (χ1) is 12.1. The van der Waals surface area contributed by atoms with Crippen molar-refractivity contribution in [2.24, 2.45) is 0 Å². The molecule has 0 saturated carbocycles. The molecule has 26 heavy (non-hydrogen) atoms. The minimum absolute atomic E-state index is 0.0470. The summed E-state index contributed by atoms with van der Waals surface area (Å²) in [6, 6.07) is 4.71. The zero-order valence-electron chi connectivity index (χ0n) is 15.2. The van der Waals surface area contributed by atoms with Crippen LogP contribution in [-0.2, 0) is 33.1 Å². The van der Waals surface area contributed by atoms with E-state index in [1.54, 1.807) is 19.2 Å². The van der Waals surface area contributed by atoms with E-state index < -0.39 is 10.0 Å². The van der Waals surface area contributed by atoms with Crippen LogP contribution >= 0.6 is 0 Å². The van der Waals surface area contributed by atoms with Gasteiger partial charge in [-0.3, -0.25) is 4.79 Å². The Morgan fingerprint density at radius 2 is 2.04 bits per heavy atom. The lowest BCUT2D eigenvalue weighted by atomic mass is 9.97. The van der Waals surface area contributed by atoms with Gasteiger partial charge in [-0.2, -0.15) is 4.98 Å². The van der Waals surface area contributed by atoms with Crippen molar-refractivity contribution in [2.75, 3.05) is 18.5 Å². The Balaban J connectivity index is 1.66. The second-order valence-corrected chi connectivity index (χ2v) is 9.10. The molecule has 0 bridgehead atoms. The van der Waals surface area contributed by atoms with E-state index in [0.29, 0.717) is 23.7 Å². The van der Waals surface area contributed by atoms with Gasteiger partial charge in [-0.1, -0.05) is 25.9 Å². The summed E-state index contributed by atoms with van der Waals surface area (Å²) in [4.78, 5) is 17.7. The molecule has 1 N–H and O–H groups in total. The average molecular weight is 378 g/mol. The van der Waals surface area contributed by atoms with Gasteiger partial charge in [-0.05, 0) is 23.8 Å². The quantitative estimate of drug-likeness (QED) is 0.843. The molecular weight excluding hydrogens is 356 g/mol. The van der Waals surface area contributed by atoms with Gasteiger partial charge in [-0.15, -0.1) is 0 Å². The number of benzene rings is 1. The lowest BCUT2D eigenvalue weighted by molar-refractivity contribution is -0.117. The molecule has 0 atom stereocenters. The molecule has 1 amide bonds. The van der Waals surface area contributed by atoms with Crippen molar-refractivity contribution in [3.05, 3.63) is 35.5 Å². The van der Waals surface area contributed by atoms with Crippen LogP contribution < -0.4 is 9.62 Å². The van der Waals surface area contributed by atoms with Crippen LogP contribution in [0, 0.1) is 0 Å². The van der Waals surface area contributed by atoms with Gasteiger partial charge >= 0.3 is 0 Å². The number of hydrogen-bond acceptors (Lipinski definition) is 6. The molecule has 1 aromatic carbocycles. The highest BCUT2D eigenvalue weighted by molar-refractivity contribution is 7.89. The second kappa shape index (κ2) is 6.48. The number of amides is 1. The molecule has 0 saturated heterocycles. The minimum Gasteiger partial charge on any atom is -0.339 e. The first-order valence-corrected chi connectivity index (χ1v) is 9.78. The number of carbonyl (C=O) groups excluding carboxylic acids is 1. The number of rotatable bonds is 5. The summed E-state index contributed by atoms with van der Waals surface area (Å²) in [7, 11) is -2.00. The third-order valence-electron chi connectivity index (χ3n) is 4.19. The highest BCUT2D eigenvalue weighted by Crippen LogP contribution is 2.29. The van der Waals surface area contributed by atoms with Crippen LogP contribution in [0.2, 0.25) is 0 Å². The zero-order valence-corrected chi connectivity index (χ0v) is 16.1. The van der Waals surface area contributed by atoms with Gasteiger partial charge in [0.05, 0.1) is 11.3 Å². The molecule has 0 fully saturated rings. The predicted molar refractivity (Wildman–Crippen MR) is 95.4 cm³/mol. The number of aromatic nitrogens is 2. The van der Waals surface area contributed by atoms with E-state index in [2.05, 4.69) is 14.9 Å². The number of nitrogens with one attached hydrogen (secondary N) is 1. The van der Waals surface area contributed by atoms with Crippen molar-refractivity contribution >= 4 is 21.6 Å².